The minimum absolute atomic E-state index is 0.0220. The first-order valence-electron chi connectivity index (χ1n) is 9.16. The summed E-state index contributed by atoms with van der Waals surface area (Å²) < 4.78 is 0. The van der Waals surface area contributed by atoms with Gasteiger partial charge in [-0.1, -0.05) is 6.92 Å². The average Bonchev–Trinajstić information content (AvgIpc) is 2.73. The Labute approximate surface area is 128 Å². The summed E-state index contributed by atoms with van der Waals surface area (Å²) in [6, 6.07) is 0. The maximum Gasteiger partial charge on any atom is 0.139 e. The van der Waals surface area contributed by atoms with Crippen LogP contribution >= 0.6 is 0 Å². The van der Waals surface area contributed by atoms with Crippen LogP contribution in [0.25, 0.3) is 0 Å². The van der Waals surface area contributed by atoms with Crippen molar-refractivity contribution in [3.8, 4) is 0 Å². The van der Waals surface area contributed by atoms with Crippen LogP contribution in [-0.4, -0.2) is 16.5 Å². The molecule has 0 aromatic rings. The number of fused-ring (bicyclic) bond motifs is 5. The topological polar surface area (TPSA) is 37.3 Å². The van der Waals surface area contributed by atoms with Gasteiger partial charge >= 0.3 is 0 Å². The van der Waals surface area contributed by atoms with Crippen LogP contribution in [0.4, 0.5) is 0 Å². The Balaban J connectivity index is 1.57. The fourth-order valence-electron chi connectivity index (χ4n) is 6.85. The van der Waals surface area contributed by atoms with Crippen molar-refractivity contribution in [2.24, 2.45) is 35.0 Å². The molecule has 4 aliphatic rings. The van der Waals surface area contributed by atoms with Gasteiger partial charge in [0, 0.05) is 11.8 Å². The van der Waals surface area contributed by atoms with E-state index in [9.17, 15) is 9.90 Å². The van der Waals surface area contributed by atoms with E-state index in [0.29, 0.717) is 11.7 Å². The SMILES string of the molecule is C[C@@]1(O)CCC2C(CC[C@@H]3[C@@H]2CC[C@]2(C)C(=O)CC[C@@H]32)C1. The number of carbonyl (C=O) groups excluding carboxylic acids is 1. The lowest BCUT2D eigenvalue weighted by Gasteiger charge is -2.55. The number of carbonyl (C=O) groups is 1. The molecule has 7 atom stereocenters. The van der Waals surface area contributed by atoms with Crippen molar-refractivity contribution in [3.63, 3.8) is 0 Å². The quantitative estimate of drug-likeness (QED) is 0.733. The van der Waals surface area contributed by atoms with E-state index >= 15 is 0 Å². The number of hydrogen-bond donors (Lipinski definition) is 1. The van der Waals surface area contributed by atoms with Crippen molar-refractivity contribution >= 4 is 5.78 Å². The molecule has 4 rings (SSSR count). The van der Waals surface area contributed by atoms with Gasteiger partial charge in [-0.25, -0.2) is 0 Å². The van der Waals surface area contributed by atoms with E-state index in [1.165, 1.54) is 25.7 Å². The van der Waals surface area contributed by atoms with Gasteiger partial charge in [-0.15, -0.1) is 0 Å². The molecule has 0 saturated heterocycles. The first kappa shape index (κ1) is 14.2. The highest BCUT2D eigenvalue weighted by atomic mass is 16.3. The lowest BCUT2D eigenvalue weighted by Crippen LogP contribution is -2.50. The molecule has 0 aromatic heterocycles. The van der Waals surface area contributed by atoms with Gasteiger partial charge in [0.15, 0.2) is 0 Å². The normalized spacial score (nSPS) is 56.5. The average molecular weight is 290 g/mol. The molecule has 0 aromatic carbocycles. The molecule has 4 saturated carbocycles. The molecule has 2 heteroatoms. The third-order valence-corrected chi connectivity index (χ3v) is 7.95. The highest BCUT2D eigenvalue weighted by Gasteiger charge is 2.57. The van der Waals surface area contributed by atoms with E-state index in [-0.39, 0.29) is 5.41 Å². The molecule has 0 heterocycles. The van der Waals surface area contributed by atoms with Crippen LogP contribution in [0, 0.1) is 35.0 Å². The van der Waals surface area contributed by atoms with Gasteiger partial charge in [-0.3, -0.25) is 4.79 Å². The zero-order chi connectivity index (χ0) is 14.8. The molecule has 2 unspecified atom stereocenters. The molecule has 118 valence electrons. The van der Waals surface area contributed by atoms with Crippen LogP contribution in [0.1, 0.15) is 71.6 Å². The summed E-state index contributed by atoms with van der Waals surface area (Å²) in [6.07, 6.45) is 10.2. The van der Waals surface area contributed by atoms with Crippen molar-refractivity contribution in [1.82, 2.24) is 0 Å². The number of Topliss-reactive ketones (excluding diaryl/α,β-unsaturated/α-hetero) is 1. The third-order valence-electron chi connectivity index (χ3n) is 7.95. The molecule has 4 aliphatic carbocycles. The summed E-state index contributed by atoms with van der Waals surface area (Å²) in [4.78, 5) is 12.3. The molecule has 2 nitrogen and oxygen atoms in total. The van der Waals surface area contributed by atoms with Gasteiger partial charge in [-0.2, -0.15) is 0 Å². The van der Waals surface area contributed by atoms with Gasteiger partial charge in [0.2, 0.25) is 0 Å². The molecular weight excluding hydrogens is 260 g/mol. The van der Waals surface area contributed by atoms with Crippen LogP contribution < -0.4 is 0 Å². The Bertz CT molecular complexity index is 454. The fourth-order valence-corrected chi connectivity index (χ4v) is 6.85. The molecule has 0 bridgehead atoms. The second kappa shape index (κ2) is 4.57. The first-order valence-corrected chi connectivity index (χ1v) is 9.16. The second-order valence-corrected chi connectivity index (χ2v) is 9.09. The lowest BCUT2D eigenvalue weighted by molar-refractivity contribution is -0.134. The fraction of sp³-hybridized carbons (Fsp3) is 0.947. The zero-order valence-electron chi connectivity index (χ0n) is 13.6. The first-order chi connectivity index (χ1) is 9.91. The van der Waals surface area contributed by atoms with Gasteiger partial charge in [0.1, 0.15) is 5.78 Å². The van der Waals surface area contributed by atoms with Crippen molar-refractivity contribution in [2.75, 3.05) is 0 Å². The van der Waals surface area contributed by atoms with Crippen molar-refractivity contribution < 1.29 is 9.90 Å². The summed E-state index contributed by atoms with van der Waals surface area (Å²) in [7, 11) is 0. The number of aliphatic hydroxyl groups is 1. The van der Waals surface area contributed by atoms with Gasteiger partial charge in [0.25, 0.3) is 0 Å². The van der Waals surface area contributed by atoms with Crippen molar-refractivity contribution in [1.29, 1.82) is 0 Å². The highest BCUT2D eigenvalue weighted by molar-refractivity contribution is 5.87. The minimum atomic E-state index is -0.416. The van der Waals surface area contributed by atoms with E-state index in [1.54, 1.807) is 0 Å². The number of hydrogen-bond acceptors (Lipinski definition) is 2. The van der Waals surface area contributed by atoms with E-state index in [0.717, 1.165) is 55.8 Å². The molecule has 21 heavy (non-hydrogen) atoms. The van der Waals surface area contributed by atoms with E-state index in [4.69, 9.17) is 0 Å². The van der Waals surface area contributed by atoms with Crippen molar-refractivity contribution in [2.45, 2.75) is 77.2 Å². The van der Waals surface area contributed by atoms with E-state index < -0.39 is 5.60 Å². The maximum absolute atomic E-state index is 12.3. The molecule has 0 amide bonds. The molecule has 1 N–H and O–H groups in total. The maximum atomic E-state index is 12.3. The Morgan fingerprint density at radius 3 is 2.52 bits per heavy atom. The summed E-state index contributed by atoms with van der Waals surface area (Å²) in [5.74, 6) is 4.47. The van der Waals surface area contributed by atoms with Crippen LogP contribution in [0.3, 0.4) is 0 Å². The van der Waals surface area contributed by atoms with Gasteiger partial charge < -0.3 is 5.11 Å². The smallest absolute Gasteiger partial charge is 0.139 e. The summed E-state index contributed by atoms with van der Waals surface area (Å²) in [5, 5.41) is 10.4. The number of ketones is 1. The van der Waals surface area contributed by atoms with Crippen LogP contribution in [-0.2, 0) is 4.79 Å². The molecule has 0 spiro atoms. The summed E-state index contributed by atoms with van der Waals surface area (Å²) in [6.45, 7) is 4.30. The van der Waals surface area contributed by atoms with Gasteiger partial charge in [0.05, 0.1) is 5.60 Å². The summed E-state index contributed by atoms with van der Waals surface area (Å²) in [5.41, 5.74) is -0.394. The number of rotatable bonds is 0. The van der Waals surface area contributed by atoms with Crippen LogP contribution in [0.2, 0.25) is 0 Å². The Hall–Kier alpha value is -0.370. The minimum Gasteiger partial charge on any atom is -0.390 e. The molecule has 0 radical (unpaired) electrons. The molecule has 0 aliphatic heterocycles. The Morgan fingerprint density at radius 2 is 1.71 bits per heavy atom. The molecule has 4 fully saturated rings. The largest absolute Gasteiger partial charge is 0.390 e. The summed E-state index contributed by atoms with van der Waals surface area (Å²) >= 11 is 0. The Morgan fingerprint density at radius 1 is 0.952 bits per heavy atom. The van der Waals surface area contributed by atoms with E-state index in [1.807, 2.05) is 6.92 Å². The van der Waals surface area contributed by atoms with Crippen molar-refractivity contribution in [3.05, 3.63) is 0 Å². The van der Waals surface area contributed by atoms with E-state index in [2.05, 4.69) is 6.92 Å². The second-order valence-electron chi connectivity index (χ2n) is 9.09. The lowest BCUT2D eigenvalue weighted by atomic mass is 9.50. The zero-order valence-corrected chi connectivity index (χ0v) is 13.6. The van der Waals surface area contributed by atoms with Gasteiger partial charge in [-0.05, 0) is 87.9 Å². The monoisotopic (exact) mass is 290 g/mol. The highest BCUT2D eigenvalue weighted by Crippen LogP contribution is 2.61. The standard InChI is InChI=1S/C19H30O2/c1-18(21)9-7-13-12(11-18)3-4-15-14(13)8-10-19(2)16(15)5-6-17(19)20/h12-16,21H,3-11H2,1-2H3/t12?,13?,14-,15-,16+,18-,19+/m1/s1. The van der Waals surface area contributed by atoms with Crippen LogP contribution in [0.15, 0.2) is 0 Å². The third kappa shape index (κ3) is 2.04. The predicted molar refractivity (Wildman–Crippen MR) is 82.7 cm³/mol. The molecular formula is C19H30O2. The van der Waals surface area contributed by atoms with Crippen LogP contribution in [0.5, 0.6) is 0 Å². The predicted octanol–water partition coefficient (Wildman–Crippen LogP) is 3.96. The Kier molecular flexibility index (Phi) is 3.10.